The van der Waals surface area contributed by atoms with Gasteiger partial charge in [-0.15, -0.1) is 0 Å². The monoisotopic (exact) mass is 348 g/mol. The molecule has 26 heavy (non-hydrogen) atoms. The first kappa shape index (κ1) is 17.4. The highest BCUT2D eigenvalue weighted by atomic mass is 16.3. The van der Waals surface area contributed by atoms with Crippen molar-refractivity contribution in [1.29, 1.82) is 0 Å². The third-order valence-corrected chi connectivity index (χ3v) is 3.70. The number of phenols is 1. The lowest BCUT2D eigenvalue weighted by atomic mass is 10.2. The number of carbonyl (C=O) groups is 1. The molecule has 1 aromatic heterocycles. The Morgan fingerprint density at radius 1 is 0.962 bits per heavy atom. The van der Waals surface area contributed by atoms with Crippen LogP contribution in [0.4, 0.5) is 17.3 Å². The molecular formula is C20H20N4O2. The van der Waals surface area contributed by atoms with E-state index in [-0.39, 0.29) is 17.6 Å². The van der Waals surface area contributed by atoms with Gasteiger partial charge in [0, 0.05) is 17.5 Å². The second-order valence-electron chi connectivity index (χ2n) is 6.11. The smallest absolute Gasteiger partial charge is 0.228 e. The maximum atomic E-state index is 12.1. The van der Waals surface area contributed by atoms with Gasteiger partial charge in [-0.25, -0.2) is 9.97 Å². The number of para-hydroxylation sites is 2. The van der Waals surface area contributed by atoms with Crippen LogP contribution in [0.3, 0.4) is 0 Å². The zero-order valence-corrected chi connectivity index (χ0v) is 14.6. The summed E-state index contributed by atoms with van der Waals surface area (Å²) in [5, 5.41) is 15.8. The lowest BCUT2D eigenvalue weighted by Gasteiger charge is -2.12. The molecule has 0 saturated heterocycles. The molecule has 3 aromatic rings. The molecule has 0 aliphatic heterocycles. The first-order chi connectivity index (χ1) is 12.5. The van der Waals surface area contributed by atoms with Crippen LogP contribution in [0.2, 0.25) is 0 Å². The lowest BCUT2D eigenvalue weighted by molar-refractivity contribution is -0.118. The first-order valence-electron chi connectivity index (χ1n) is 8.33. The zero-order chi connectivity index (χ0) is 18.5. The summed E-state index contributed by atoms with van der Waals surface area (Å²) < 4.78 is 0. The Balaban J connectivity index is 2.00. The van der Waals surface area contributed by atoms with E-state index in [0.29, 0.717) is 23.1 Å². The van der Waals surface area contributed by atoms with Crippen LogP contribution in [-0.4, -0.2) is 21.0 Å². The Morgan fingerprint density at radius 3 is 2.31 bits per heavy atom. The number of nitrogens with one attached hydrogen (secondary N) is 2. The van der Waals surface area contributed by atoms with Gasteiger partial charge in [0.1, 0.15) is 17.4 Å². The number of benzene rings is 2. The summed E-state index contributed by atoms with van der Waals surface area (Å²) in [7, 11) is 0. The van der Waals surface area contributed by atoms with Crippen LogP contribution in [0.15, 0.2) is 60.7 Å². The highest BCUT2D eigenvalue weighted by Crippen LogP contribution is 2.27. The molecule has 1 amide bonds. The molecule has 0 atom stereocenters. The number of phenolic OH excluding ortho intramolecular Hbond substituents is 1. The highest BCUT2D eigenvalue weighted by Gasteiger charge is 2.12. The van der Waals surface area contributed by atoms with Crippen molar-refractivity contribution in [3.63, 3.8) is 0 Å². The van der Waals surface area contributed by atoms with Crippen molar-refractivity contribution in [3.05, 3.63) is 60.7 Å². The fraction of sp³-hybridized carbons (Fsp3) is 0.150. The Morgan fingerprint density at radius 2 is 1.62 bits per heavy atom. The molecule has 0 radical (unpaired) electrons. The third-order valence-electron chi connectivity index (χ3n) is 3.70. The fourth-order valence-corrected chi connectivity index (χ4v) is 2.28. The maximum Gasteiger partial charge on any atom is 0.228 e. The summed E-state index contributed by atoms with van der Waals surface area (Å²) >= 11 is 0. The molecule has 0 aliphatic carbocycles. The van der Waals surface area contributed by atoms with E-state index < -0.39 is 0 Å². The van der Waals surface area contributed by atoms with Gasteiger partial charge in [-0.3, -0.25) is 4.79 Å². The summed E-state index contributed by atoms with van der Waals surface area (Å²) in [6, 6.07) is 18.0. The average Bonchev–Trinajstić information content (AvgIpc) is 2.64. The van der Waals surface area contributed by atoms with E-state index in [1.54, 1.807) is 24.3 Å². The number of rotatable bonds is 5. The van der Waals surface area contributed by atoms with E-state index in [2.05, 4.69) is 20.6 Å². The molecule has 3 N–H and O–H groups in total. The van der Waals surface area contributed by atoms with Crippen molar-refractivity contribution in [3.8, 4) is 17.1 Å². The molecule has 6 nitrogen and oxygen atoms in total. The molecule has 0 saturated carbocycles. The van der Waals surface area contributed by atoms with E-state index in [4.69, 9.17) is 0 Å². The summed E-state index contributed by atoms with van der Waals surface area (Å²) in [5.41, 5.74) is 1.35. The lowest BCUT2D eigenvalue weighted by Crippen LogP contribution is -2.19. The third kappa shape index (κ3) is 4.16. The van der Waals surface area contributed by atoms with Crippen LogP contribution < -0.4 is 10.6 Å². The van der Waals surface area contributed by atoms with Gasteiger partial charge < -0.3 is 15.7 Å². The number of nitrogens with zero attached hydrogens (tertiary/aromatic N) is 2. The van der Waals surface area contributed by atoms with Gasteiger partial charge in [0.05, 0.1) is 5.69 Å². The minimum absolute atomic E-state index is 0.111. The second kappa shape index (κ2) is 7.65. The van der Waals surface area contributed by atoms with Crippen molar-refractivity contribution >= 4 is 23.2 Å². The predicted octanol–water partition coefficient (Wildman–Crippen LogP) is 4.19. The topological polar surface area (TPSA) is 87.1 Å². The average molecular weight is 348 g/mol. The van der Waals surface area contributed by atoms with Gasteiger partial charge >= 0.3 is 0 Å². The van der Waals surface area contributed by atoms with Crippen LogP contribution in [0.5, 0.6) is 5.75 Å². The van der Waals surface area contributed by atoms with Crippen LogP contribution in [0.25, 0.3) is 11.4 Å². The van der Waals surface area contributed by atoms with Gasteiger partial charge in [-0.05, 0) is 12.1 Å². The largest absolute Gasteiger partial charge is 0.506 e. The molecule has 6 heteroatoms. The Hall–Kier alpha value is -3.41. The molecule has 0 fully saturated rings. The van der Waals surface area contributed by atoms with Gasteiger partial charge in [-0.2, -0.15) is 0 Å². The van der Waals surface area contributed by atoms with E-state index in [1.165, 1.54) is 0 Å². The molecule has 132 valence electrons. The summed E-state index contributed by atoms with van der Waals surface area (Å²) in [5.74, 6) is 1.16. The maximum absolute atomic E-state index is 12.1. The Labute approximate surface area is 152 Å². The standard InChI is InChI=1S/C20H20N4O2/c1-13(2)20(26)24-18-12-17(21-15-10-6-7-11-16(15)25)22-19(23-18)14-8-4-3-5-9-14/h3-13,25H,1-2H3,(H2,21,22,23,24,26). The van der Waals surface area contributed by atoms with Gasteiger partial charge in [0.2, 0.25) is 5.91 Å². The molecule has 0 spiro atoms. The molecule has 3 rings (SSSR count). The van der Waals surface area contributed by atoms with Crippen LogP contribution in [-0.2, 0) is 4.79 Å². The van der Waals surface area contributed by atoms with E-state index >= 15 is 0 Å². The molecule has 0 bridgehead atoms. The summed E-state index contributed by atoms with van der Waals surface area (Å²) in [6.07, 6.45) is 0. The minimum Gasteiger partial charge on any atom is -0.506 e. The van der Waals surface area contributed by atoms with E-state index in [9.17, 15) is 9.90 Å². The zero-order valence-electron chi connectivity index (χ0n) is 14.6. The summed E-state index contributed by atoms with van der Waals surface area (Å²) in [4.78, 5) is 21.0. The van der Waals surface area contributed by atoms with Gasteiger partial charge in [0.25, 0.3) is 0 Å². The van der Waals surface area contributed by atoms with Gasteiger partial charge in [0.15, 0.2) is 5.82 Å². The number of carbonyl (C=O) groups excluding carboxylic acids is 1. The SMILES string of the molecule is CC(C)C(=O)Nc1cc(Nc2ccccc2O)nc(-c2ccccc2)n1. The van der Waals surface area contributed by atoms with Crippen LogP contribution >= 0.6 is 0 Å². The van der Waals surface area contributed by atoms with Crippen molar-refractivity contribution in [2.24, 2.45) is 5.92 Å². The minimum atomic E-state index is -0.167. The number of amides is 1. The number of anilines is 3. The van der Waals surface area contributed by atoms with Crippen molar-refractivity contribution in [2.45, 2.75) is 13.8 Å². The Bertz CT molecular complexity index is 911. The Kier molecular flexibility index (Phi) is 5.12. The predicted molar refractivity (Wildman–Crippen MR) is 102 cm³/mol. The van der Waals surface area contributed by atoms with Crippen LogP contribution in [0.1, 0.15) is 13.8 Å². The molecule has 1 heterocycles. The molecule has 2 aromatic carbocycles. The number of aromatic hydroxyl groups is 1. The molecule has 0 unspecified atom stereocenters. The van der Waals surface area contributed by atoms with Crippen molar-refractivity contribution in [1.82, 2.24) is 9.97 Å². The molecular weight excluding hydrogens is 328 g/mol. The molecule has 0 aliphatic rings. The number of aromatic nitrogens is 2. The number of hydrogen-bond donors (Lipinski definition) is 3. The summed E-state index contributed by atoms with van der Waals surface area (Å²) in [6.45, 7) is 3.63. The second-order valence-corrected chi connectivity index (χ2v) is 6.11. The van der Waals surface area contributed by atoms with Gasteiger partial charge in [-0.1, -0.05) is 56.3 Å². The van der Waals surface area contributed by atoms with Crippen molar-refractivity contribution < 1.29 is 9.90 Å². The van der Waals surface area contributed by atoms with E-state index in [0.717, 1.165) is 5.56 Å². The highest BCUT2D eigenvalue weighted by molar-refractivity contribution is 5.91. The van der Waals surface area contributed by atoms with E-state index in [1.807, 2.05) is 50.2 Å². The fourth-order valence-electron chi connectivity index (χ4n) is 2.28. The normalized spacial score (nSPS) is 10.6. The van der Waals surface area contributed by atoms with Crippen LogP contribution in [0, 0.1) is 5.92 Å². The number of hydrogen-bond acceptors (Lipinski definition) is 5. The first-order valence-corrected chi connectivity index (χ1v) is 8.33. The quantitative estimate of drug-likeness (QED) is 0.602. The van der Waals surface area contributed by atoms with Crippen molar-refractivity contribution in [2.75, 3.05) is 10.6 Å².